The minimum Gasteiger partial charge on any atom is -0.381 e. The van der Waals surface area contributed by atoms with Gasteiger partial charge in [-0.05, 0) is 56.3 Å². The molecule has 0 aliphatic carbocycles. The lowest BCUT2D eigenvalue weighted by Gasteiger charge is -2.23. The standard InChI is InChI=1S/C23H27ClF3N5O2/c24-18-13-29-20(32-22(33)15-2-1-7-28-12-15)10-16(18)19-4-3-17(23(25,26)27)21(31-19)30-11-14-5-8-34-9-6-14/h3-4,10,13-15,28H,1-2,5-9,11-12H2,(H,30,31)(H,29,32,33). The van der Waals surface area contributed by atoms with Crippen molar-refractivity contribution in [2.24, 2.45) is 11.8 Å². The summed E-state index contributed by atoms with van der Waals surface area (Å²) in [4.78, 5) is 21.0. The van der Waals surface area contributed by atoms with Crippen molar-refractivity contribution in [1.29, 1.82) is 0 Å². The highest BCUT2D eigenvalue weighted by Gasteiger charge is 2.35. The Balaban J connectivity index is 1.57. The molecule has 11 heteroatoms. The second-order valence-corrected chi connectivity index (χ2v) is 9.02. The molecule has 7 nitrogen and oxygen atoms in total. The van der Waals surface area contributed by atoms with Crippen LogP contribution in [0.4, 0.5) is 24.8 Å². The molecule has 0 aromatic carbocycles. The molecule has 0 saturated carbocycles. The van der Waals surface area contributed by atoms with Crippen LogP contribution in [0.15, 0.2) is 24.4 Å². The largest absolute Gasteiger partial charge is 0.419 e. The van der Waals surface area contributed by atoms with E-state index in [4.69, 9.17) is 16.3 Å². The average molecular weight is 498 g/mol. The van der Waals surface area contributed by atoms with Gasteiger partial charge in [-0.3, -0.25) is 4.79 Å². The molecular weight excluding hydrogens is 471 g/mol. The summed E-state index contributed by atoms with van der Waals surface area (Å²) < 4.78 is 46.2. The fourth-order valence-electron chi connectivity index (χ4n) is 4.17. The first-order chi connectivity index (χ1) is 16.3. The van der Waals surface area contributed by atoms with Crippen LogP contribution >= 0.6 is 11.6 Å². The second kappa shape index (κ2) is 10.9. The van der Waals surface area contributed by atoms with E-state index in [1.807, 2.05) is 0 Å². The monoisotopic (exact) mass is 497 g/mol. The van der Waals surface area contributed by atoms with Crippen molar-refractivity contribution in [2.45, 2.75) is 31.9 Å². The smallest absolute Gasteiger partial charge is 0.381 e. The molecule has 1 amide bonds. The number of rotatable bonds is 6. The van der Waals surface area contributed by atoms with Gasteiger partial charge < -0.3 is 20.7 Å². The van der Waals surface area contributed by atoms with Gasteiger partial charge in [-0.1, -0.05) is 11.6 Å². The van der Waals surface area contributed by atoms with Crippen LogP contribution < -0.4 is 16.0 Å². The van der Waals surface area contributed by atoms with Gasteiger partial charge in [-0.25, -0.2) is 9.97 Å². The molecule has 3 N–H and O–H groups in total. The van der Waals surface area contributed by atoms with Gasteiger partial charge in [0.05, 0.1) is 22.2 Å². The van der Waals surface area contributed by atoms with Gasteiger partial charge in [0.2, 0.25) is 5.91 Å². The molecule has 1 atom stereocenters. The molecule has 2 fully saturated rings. The number of pyridine rings is 2. The van der Waals surface area contributed by atoms with E-state index < -0.39 is 11.7 Å². The van der Waals surface area contributed by atoms with Crippen LogP contribution in [0.1, 0.15) is 31.2 Å². The molecule has 0 bridgehead atoms. The lowest BCUT2D eigenvalue weighted by molar-refractivity contribution is -0.137. The van der Waals surface area contributed by atoms with Crippen LogP contribution in [0, 0.1) is 11.8 Å². The van der Waals surface area contributed by atoms with E-state index in [-0.39, 0.29) is 40.1 Å². The normalized spacial score (nSPS) is 19.6. The van der Waals surface area contributed by atoms with Crippen LogP contribution in [0.25, 0.3) is 11.3 Å². The number of hydrogen-bond donors (Lipinski definition) is 3. The lowest BCUT2D eigenvalue weighted by Crippen LogP contribution is -2.37. The minimum absolute atomic E-state index is 0.160. The summed E-state index contributed by atoms with van der Waals surface area (Å²) in [5.74, 6) is -0.0930. The molecular formula is C23H27ClF3N5O2. The number of amides is 1. The Morgan fingerprint density at radius 2 is 2.03 bits per heavy atom. The van der Waals surface area contributed by atoms with Crippen LogP contribution in [0.2, 0.25) is 5.02 Å². The first-order valence-electron chi connectivity index (χ1n) is 11.4. The number of ether oxygens (including phenoxy) is 1. The topological polar surface area (TPSA) is 88.2 Å². The molecule has 2 aromatic rings. The zero-order valence-electron chi connectivity index (χ0n) is 18.6. The Bertz CT molecular complexity index is 1010. The Hall–Kier alpha value is -2.43. The summed E-state index contributed by atoms with van der Waals surface area (Å²) in [7, 11) is 0. The fraction of sp³-hybridized carbons (Fsp3) is 0.522. The van der Waals surface area contributed by atoms with Crippen molar-refractivity contribution >= 4 is 29.1 Å². The van der Waals surface area contributed by atoms with E-state index in [9.17, 15) is 18.0 Å². The van der Waals surface area contributed by atoms with Gasteiger partial charge >= 0.3 is 6.18 Å². The second-order valence-electron chi connectivity index (χ2n) is 8.61. The van der Waals surface area contributed by atoms with Gasteiger partial charge in [0.1, 0.15) is 11.6 Å². The molecule has 184 valence electrons. The third-order valence-corrected chi connectivity index (χ3v) is 6.45. The quantitative estimate of drug-likeness (QED) is 0.541. The number of nitrogens with one attached hydrogen (secondary N) is 3. The van der Waals surface area contributed by atoms with Crippen molar-refractivity contribution in [3.05, 3.63) is 35.0 Å². The summed E-state index contributed by atoms with van der Waals surface area (Å²) in [6, 6.07) is 3.81. The molecule has 2 aromatic heterocycles. The third kappa shape index (κ3) is 6.17. The Kier molecular flexibility index (Phi) is 7.90. The molecule has 34 heavy (non-hydrogen) atoms. The summed E-state index contributed by atoms with van der Waals surface area (Å²) in [6.45, 7) is 3.05. The number of aromatic nitrogens is 2. The molecule has 2 saturated heterocycles. The highest BCUT2D eigenvalue weighted by Crippen LogP contribution is 2.37. The number of hydrogen-bond acceptors (Lipinski definition) is 6. The third-order valence-electron chi connectivity index (χ3n) is 6.15. The van der Waals surface area contributed by atoms with Crippen molar-refractivity contribution in [3.63, 3.8) is 0 Å². The van der Waals surface area contributed by atoms with Gasteiger partial charge in [-0.2, -0.15) is 13.2 Å². The van der Waals surface area contributed by atoms with Crippen LogP contribution in [0.5, 0.6) is 0 Å². The van der Waals surface area contributed by atoms with Gasteiger partial charge in [0.25, 0.3) is 0 Å². The summed E-state index contributed by atoms with van der Waals surface area (Å²) in [6.07, 6.45) is 0.0604. The van der Waals surface area contributed by atoms with E-state index >= 15 is 0 Å². The van der Waals surface area contributed by atoms with E-state index in [2.05, 4.69) is 25.9 Å². The molecule has 2 aliphatic rings. The zero-order chi connectivity index (χ0) is 24.1. The van der Waals surface area contributed by atoms with E-state index in [0.717, 1.165) is 38.3 Å². The highest BCUT2D eigenvalue weighted by atomic mass is 35.5. The predicted molar refractivity (Wildman–Crippen MR) is 124 cm³/mol. The number of carbonyl (C=O) groups is 1. The Morgan fingerprint density at radius 1 is 1.24 bits per heavy atom. The highest BCUT2D eigenvalue weighted by molar-refractivity contribution is 6.33. The van der Waals surface area contributed by atoms with E-state index in [1.54, 1.807) is 0 Å². The number of piperidine rings is 1. The molecule has 0 radical (unpaired) electrons. The number of carbonyl (C=O) groups excluding carboxylic acids is 1. The molecule has 4 rings (SSSR count). The Morgan fingerprint density at radius 3 is 2.74 bits per heavy atom. The number of alkyl halides is 3. The maximum Gasteiger partial charge on any atom is 0.419 e. The first kappa shape index (κ1) is 24.7. The van der Waals surface area contributed by atoms with E-state index in [1.165, 1.54) is 18.3 Å². The molecule has 2 aliphatic heterocycles. The van der Waals surface area contributed by atoms with Crippen LogP contribution in [-0.4, -0.2) is 48.7 Å². The van der Waals surface area contributed by atoms with Crippen molar-refractivity contribution in [2.75, 3.05) is 43.5 Å². The maximum absolute atomic E-state index is 13.6. The fourth-order valence-corrected chi connectivity index (χ4v) is 4.37. The SMILES string of the molecule is O=C(Nc1cc(-c2ccc(C(F)(F)F)c(NCC3CCOCC3)n2)c(Cl)cn1)C1CCCNC1. The Labute approximate surface area is 200 Å². The summed E-state index contributed by atoms with van der Waals surface area (Å²) in [5, 5.41) is 9.08. The van der Waals surface area contributed by atoms with Crippen molar-refractivity contribution < 1.29 is 22.7 Å². The molecule has 1 unspecified atom stereocenters. The predicted octanol–water partition coefficient (Wildman–Crippen LogP) is 4.59. The van der Waals surface area contributed by atoms with Crippen molar-refractivity contribution in [3.8, 4) is 11.3 Å². The average Bonchev–Trinajstić information content (AvgIpc) is 2.84. The van der Waals surface area contributed by atoms with E-state index in [0.29, 0.717) is 31.9 Å². The summed E-state index contributed by atoms with van der Waals surface area (Å²) >= 11 is 6.32. The van der Waals surface area contributed by atoms with Crippen LogP contribution in [0.3, 0.4) is 0 Å². The van der Waals surface area contributed by atoms with Gasteiger partial charge in [-0.15, -0.1) is 0 Å². The first-order valence-corrected chi connectivity index (χ1v) is 11.8. The number of halogens is 4. The summed E-state index contributed by atoms with van der Waals surface area (Å²) in [5.41, 5.74) is -0.201. The lowest BCUT2D eigenvalue weighted by atomic mass is 9.99. The van der Waals surface area contributed by atoms with Gasteiger partial charge in [0, 0.05) is 38.1 Å². The number of anilines is 2. The number of nitrogens with zero attached hydrogens (tertiary/aromatic N) is 2. The molecule has 4 heterocycles. The molecule has 0 spiro atoms. The van der Waals surface area contributed by atoms with Crippen LogP contribution in [-0.2, 0) is 15.7 Å². The minimum atomic E-state index is -4.56. The maximum atomic E-state index is 13.6. The zero-order valence-corrected chi connectivity index (χ0v) is 19.3. The van der Waals surface area contributed by atoms with Gasteiger partial charge in [0.15, 0.2) is 0 Å². The van der Waals surface area contributed by atoms with Crippen molar-refractivity contribution in [1.82, 2.24) is 15.3 Å².